The van der Waals surface area contributed by atoms with Crippen molar-refractivity contribution in [1.29, 1.82) is 0 Å². The molecule has 1 spiro atoms. The van der Waals surface area contributed by atoms with Crippen LogP contribution < -0.4 is 0 Å². The maximum absolute atomic E-state index is 6.09. The van der Waals surface area contributed by atoms with Crippen molar-refractivity contribution in [2.45, 2.75) is 32.2 Å². The van der Waals surface area contributed by atoms with Gasteiger partial charge in [0.1, 0.15) is 0 Å². The number of nitrogens with zero attached hydrogens (tertiary/aromatic N) is 4. The minimum atomic E-state index is 0.490. The number of aryl methyl sites for hydroxylation is 1. The summed E-state index contributed by atoms with van der Waals surface area (Å²) in [5, 5.41) is 4.29. The lowest BCUT2D eigenvalue weighted by molar-refractivity contribution is 0.0167. The first-order valence-electron chi connectivity index (χ1n) is 9.59. The zero-order valence-electron chi connectivity index (χ0n) is 15.3. The molecule has 3 fully saturated rings. The van der Waals surface area contributed by atoms with E-state index in [0.29, 0.717) is 5.41 Å². The van der Waals surface area contributed by atoms with Gasteiger partial charge in [-0.1, -0.05) is 0 Å². The predicted octanol–water partition coefficient (Wildman–Crippen LogP) is 1.99. The third kappa shape index (κ3) is 3.68. The highest BCUT2D eigenvalue weighted by Gasteiger charge is 2.46. The average molecular weight is 332 g/mol. The minimum absolute atomic E-state index is 0.490. The molecule has 2 aliphatic heterocycles. The summed E-state index contributed by atoms with van der Waals surface area (Å²) in [4.78, 5) is 5.13. The Morgan fingerprint density at radius 1 is 1.21 bits per heavy atom. The Morgan fingerprint density at radius 2 is 2.00 bits per heavy atom. The maximum Gasteiger partial charge on any atom is 0.0534 e. The summed E-state index contributed by atoms with van der Waals surface area (Å²) in [6, 6.07) is 0. The van der Waals surface area contributed by atoms with E-state index < -0.39 is 0 Å². The molecule has 0 radical (unpaired) electrons. The predicted molar refractivity (Wildman–Crippen MR) is 94.7 cm³/mol. The molecule has 0 bridgehead atoms. The molecule has 0 amide bonds. The van der Waals surface area contributed by atoms with Gasteiger partial charge in [0, 0.05) is 51.0 Å². The second kappa shape index (κ2) is 6.77. The molecule has 134 valence electrons. The first-order valence-corrected chi connectivity index (χ1v) is 9.59. The van der Waals surface area contributed by atoms with Crippen molar-refractivity contribution >= 4 is 0 Å². The number of hydrogen-bond acceptors (Lipinski definition) is 4. The maximum atomic E-state index is 6.09. The molecule has 1 saturated carbocycles. The van der Waals surface area contributed by atoms with Crippen molar-refractivity contribution in [3.05, 3.63) is 18.0 Å². The van der Waals surface area contributed by atoms with Crippen LogP contribution in [0, 0.1) is 17.3 Å². The molecule has 3 aliphatic rings. The van der Waals surface area contributed by atoms with Gasteiger partial charge in [0.15, 0.2) is 0 Å². The molecule has 3 heterocycles. The second-order valence-electron chi connectivity index (χ2n) is 8.54. The number of hydrogen-bond donors (Lipinski definition) is 0. The van der Waals surface area contributed by atoms with Crippen molar-refractivity contribution in [1.82, 2.24) is 19.6 Å². The fourth-order valence-electron chi connectivity index (χ4n) is 4.73. The van der Waals surface area contributed by atoms with E-state index in [1.54, 1.807) is 0 Å². The number of likely N-dealkylation sites (tertiary alicyclic amines) is 2. The molecule has 1 unspecified atom stereocenters. The van der Waals surface area contributed by atoms with E-state index in [4.69, 9.17) is 4.74 Å². The van der Waals surface area contributed by atoms with Crippen LogP contribution in [0.5, 0.6) is 0 Å². The summed E-state index contributed by atoms with van der Waals surface area (Å²) < 4.78 is 7.99. The van der Waals surface area contributed by atoms with Gasteiger partial charge >= 0.3 is 0 Å². The number of piperidine rings is 1. The van der Waals surface area contributed by atoms with Gasteiger partial charge in [-0.15, -0.1) is 0 Å². The summed E-state index contributed by atoms with van der Waals surface area (Å²) in [6.07, 6.45) is 9.55. The van der Waals surface area contributed by atoms with Gasteiger partial charge in [-0.25, -0.2) is 0 Å². The van der Waals surface area contributed by atoms with Gasteiger partial charge in [-0.3, -0.25) is 9.58 Å². The third-order valence-corrected chi connectivity index (χ3v) is 6.37. The molecule has 2 saturated heterocycles. The topological polar surface area (TPSA) is 33.5 Å². The monoisotopic (exact) mass is 332 g/mol. The highest BCUT2D eigenvalue weighted by molar-refractivity contribution is 5.05. The van der Waals surface area contributed by atoms with E-state index >= 15 is 0 Å². The van der Waals surface area contributed by atoms with Gasteiger partial charge in [0.2, 0.25) is 0 Å². The molecule has 1 aromatic rings. The molecule has 5 heteroatoms. The summed E-state index contributed by atoms with van der Waals surface area (Å²) in [5.74, 6) is 1.60. The summed E-state index contributed by atoms with van der Waals surface area (Å²) in [7, 11) is 4.28. The van der Waals surface area contributed by atoms with Crippen LogP contribution in [-0.2, 0) is 18.3 Å². The smallest absolute Gasteiger partial charge is 0.0534 e. The molecular weight excluding hydrogens is 300 g/mol. The SMILES string of the molecule is CN1CC(COCC2CC2)C2(CCN(Cc3cnn(C)c3)CC2)C1. The zero-order chi connectivity index (χ0) is 16.6. The highest BCUT2D eigenvalue weighted by Crippen LogP contribution is 2.44. The lowest BCUT2D eigenvalue weighted by Gasteiger charge is -2.42. The molecular formula is C19H32N4O. The molecule has 0 aromatic carbocycles. The largest absolute Gasteiger partial charge is 0.381 e. The van der Waals surface area contributed by atoms with Crippen molar-refractivity contribution in [2.75, 3.05) is 46.4 Å². The van der Waals surface area contributed by atoms with Crippen LogP contribution in [0.2, 0.25) is 0 Å². The van der Waals surface area contributed by atoms with Crippen LogP contribution in [0.1, 0.15) is 31.2 Å². The molecule has 1 atom stereocenters. The Hall–Kier alpha value is -0.910. The van der Waals surface area contributed by atoms with Crippen LogP contribution in [0.3, 0.4) is 0 Å². The fourth-order valence-corrected chi connectivity index (χ4v) is 4.73. The van der Waals surface area contributed by atoms with E-state index in [2.05, 4.69) is 28.1 Å². The van der Waals surface area contributed by atoms with Crippen molar-refractivity contribution in [3.8, 4) is 0 Å². The fraction of sp³-hybridized carbons (Fsp3) is 0.842. The van der Waals surface area contributed by atoms with E-state index in [9.17, 15) is 0 Å². The van der Waals surface area contributed by atoms with Gasteiger partial charge in [0.25, 0.3) is 0 Å². The molecule has 24 heavy (non-hydrogen) atoms. The number of rotatable bonds is 6. The van der Waals surface area contributed by atoms with Crippen molar-refractivity contribution in [3.63, 3.8) is 0 Å². The molecule has 5 nitrogen and oxygen atoms in total. The van der Waals surface area contributed by atoms with Gasteiger partial charge in [-0.2, -0.15) is 5.10 Å². The Morgan fingerprint density at radius 3 is 2.67 bits per heavy atom. The van der Waals surface area contributed by atoms with Gasteiger partial charge in [0.05, 0.1) is 12.8 Å². The van der Waals surface area contributed by atoms with Crippen molar-refractivity contribution < 1.29 is 4.74 Å². The van der Waals surface area contributed by atoms with Crippen LogP contribution >= 0.6 is 0 Å². The Kier molecular flexibility index (Phi) is 4.67. The van der Waals surface area contributed by atoms with Gasteiger partial charge < -0.3 is 9.64 Å². The van der Waals surface area contributed by atoms with E-state index in [-0.39, 0.29) is 0 Å². The molecule has 0 N–H and O–H groups in total. The average Bonchev–Trinajstić information content (AvgIpc) is 3.21. The highest BCUT2D eigenvalue weighted by atomic mass is 16.5. The second-order valence-corrected chi connectivity index (χ2v) is 8.54. The van der Waals surface area contributed by atoms with Crippen LogP contribution in [0.25, 0.3) is 0 Å². The molecule has 4 rings (SSSR count). The van der Waals surface area contributed by atoms with Crippen molar-refractivity contribution in [2.24, 2.45) is 24.3 Å². The summed E-state index contributed by atoms with van der Waals surface area (Å²) >= 11 is 0. The van der Waals surface area contributed by atoms with Gasteiger partial charge in [-0.05, 0) is 57.2 Å². The van der Waals surface area contributed by atoms with Crippen LogP contribution in [-0.4, -0.2) is 66.0 Å². The molecule has 1 aromatic heterocycles. The normalized spacial score (nSPS) is 28.0. The zero-order valence-corrected chi connectivity index (χ0v) is 15.3. The lowest BCUT2D eigenvalue weighted by Crippen LogP contribution is -2.44. The third-order valence-electron chi connectivity index (χ3n) is 6.37. The van der Waals surface area contributed by atoms with Crippen LogP contribution in [0.15, 0.2) is 12.4 Å². The van der Waals surface area contributed by atoms with E-state index in [1.165, 1.54) is 57.4 Å². The summed E-state index contributed by atoms with van der Waals surface area (Å²) in [6.45, 7) is 7.91. The number of ether oxygens (including phenoxy) is 1. The minimum Gasteiger partial charge on any atom is -0.381 e. The first kappa shape index (κ1) is 16.6. The number of aromatic nitrogens is 2. The standard InChI is InChI=1S/C19H32N4O/c1-21-12-18(14-24-13-16-3-4-16)19(15-21)5-7-23(8-6-19)11-17-9-20-22(2)10-17/h9-10,16,18H,3-8,11-15H2,1-2H3. The quantitative estimate of drug-likeness (QED) is 0.798. The van der Waals surface area contributed by atoms with E-state index in [0.717, 1.165) is 31.6 Å². The lowest BCUT2D eigenvalue weighted by atomic mass is 9.71. The van der Waals surface area contributed by atoms with E-state index in [1.807, 2.05) is 17.9 Å². The van der Waals surface area contributed by atoms with Crippen LogP contribution in [0.4, 0.5) is 0 Å². The Balaban J connectivity index is 1.31. The first-order chi connectivity index (χ1) is 11.6. The molecule has 1 aliphatic carbocycles. The Labute approximate surface area is 145 Å². The summed E-state index contributed by atoms with van der Waals surface area (Å²) in [5.41, 5.74) is 1.82. The Bertz CT molecular complexity index is 545.